The van der Waals surface area contributed by atoms with E-state index in [4.69, 9.17) is 9.72 Å². The minimum atomic E-state index is 0.859. The van der Waals surface area contributed by atoms with Crippen molar-refractivity contribution in [1.29, 1.82) is 0 Å². The third-order valence-electron chi connectivity index (χ3n) is 6.73. The molecular weight excluding hydrogens is 416 g/mol. The Balaban J connectivity index is 1.34. The number of aryl methyl sites for hydroxylation is 1. The number of benzene rings is 5. The third kappa shape index (κ3) is 2.87. The molecule has 0 spiro atoms. The molecule has 1 aliphatic heterocycles. The molecule has 2 heterocycles. The van der Waals surface area contributed by atoms with Gasteiger partial charge in [-0.25, -0.2) is 4.98 Å². The number of rotatable bonds is 3. The molecule has 0 amide bonds. The molecule has 0 unspecified atom stereocenters. The molecule has 0 atom stereocenters. The smallest absolute Gasteiger partial charge is 0.153 e. The number of hydrogen-bond acceptors (Lipinski definition) is 2. The minimum absolute atomic E-state index is 0.859. The van der Waals surface area contributed by atoms with Gasteiger partial charge in [-0.1, -0.05) is 73.7 Å². The van der Waals surface area contributed by atoms with Crippen LogP contribution in [0.1, 0.15) is 12.7 Å². The van der Waals surface area contributed by atoms with Crippen molar-refractivity contribution >= 4 is 21.8 Å². The zero-order valence-corrected chi connectivity index (χ0v) is 18.8. The Hall–Kier alpha value is -4.37. The normalized spacial score (nSPS) is 12.0. The summed E-state index contributed by atoms with van der Waals surface area (Å²) in [5.41, 5.74) is 7.91. The quantitative estimate of drug-likeness (QED) is 0.278. The van der Waals surface area contributed by atoms with Crippen molar-refractivity contribution in [3.8, 4) is 39.4 Å². The third-order valence-corrected chi connectivity index (χ3v) is 6.73. The summed E-state index contributed by atoms with van der Waals surface area (Å²) in [5, 5.41) is 2.47. The molecule has 0 fully saturated rings. The Bertz CT molecular complexity index is 1710. The van der Waals surface area contributed by atoms with Crippen molar-refractivity contribution in [3.63, 3.8) is 0 Å². The van der Waals surface area contributed by atoms with Crippen molar-refractivity contribution in [1.82, 2.24) is 9.55 Å². The van der Waals surface area contributed by atoms with Crippen LogP contribution in [0.15, 0.2) is 103 Å². The maximum atomic E-state index is 6.26. The molecule has 162 valence electrons. The van der Waals surface area contributed by atoms with E-state index in [1.54, 1.807) is 0 Å². The number of aromatic nitrogens is 2. The van der Waals surface area contributed by atoms with E-state index in [0.29, 0.717) is 0 Å². The van der Waals surface area contributed by atoms with Gasteiger partial charge in [-0.05, 0) is 69.4 Å². The van der Waals surface area contributed by atoms with E-state index >= 15 is 0 Å². The van der Waals surface area contributed by atoms with Gasteiger partial charge in [0.25, 0.3) is 0 Å². The zero-order chi connectivity index (χ0) is 22.6. The van der Waals surface area contributed by atoms with E-state index in [0.717, 1.165) is 40.5 Å². The Morgan fingerprint density at radius 1 is 0.647 bits per heavy atom. The van der Waals surface area contributed by atoms with E-state index in [2.05, 4.69) is 102 Å². The van der Waals surface area contributed by atoms with Gasteiger partial charge in [0.05, 0.1) is 11.2 Å². The van der Waals surface area contributed by atoms with Crippen LogP contribution in [0.25, 0.3) is 49.7 Å². The second-order valence-electron chi connectivity index (χ2n) is 8.77. The Morgan fingerprint density at radius 2 is 1.35 bits per heavy atom. The van der Waals surface area contributed by atoms with Crippen LogP contribution in [0.2, 0.25) is 0 Å². The Kier molecular flexibility index (Phi) is 4.12. The van der Waals surface area contributed by atoms with E-state index in [1.165, 1.54) is 33.0 Å². The summed E-state index contributed by atoms with van der Waals surface area (Å²) in [6.45, 7) is 2.15. The lowest BCUT2D eigenvalue weighted by Crippen LogP contribution is -2.07. The molecule has 0 radical (unpaired) electrons. The van der Waals surface area contributed by atoms with Crippen LogP contribution in [0, 0.1) is 0 Å². The highest BCUT2D eigenvalue weighted by Crippen LogP contribution is 2.43. The van der Waals surface area contributed by atoms with Gasteiger partial charge in [0, 0.05) is 6.42 Å². The molecule has 7 rings (SSSR count). The number of fused-ring (bicyclic) bond motifs is 3. The summed E-state index contributed by atoms with van der Waals surface area (Å²) < 4.78 is 8.53. The summed E-state index contributed by atoms with van der Waals surface area (Å²) in [4.78, 5) is 4.86. The van der Waals surface area contributed by atoms with E-state index in [9.17, 15) is 0 Å². The SMILES string of the molecule is CCc1nc2cccc3c2n1-c1cc(-c2ccc4cc(-c5ccccc5)ccc4c2)ccc1O3. The van der Waals surface area contributed by atoms with Crippen molar-refractivity contribution in [2.75, 3.05) is 0 Å². The predicted octanol–water partition coefficient (Wildman–Crippen LogP) is 8.18. The summed E-state index contributed by atoms with van der Waals surface area (Å²) in [7, 11) is 0. The molecule has 0 aliphatic carbocycles. The molecule has 34 heavy (non-hydrogen) atoms. The molecule has 6 aromatic rings. The molecular formula is C31H22N2O. The molecule has 3 nitrogen and oxygen atoms in total. The van der Waals surface area contributed by atoms with Gasteiger partial charge in [0.15, 0.2) is 11.5 Å². The van der Waals surface area contributed by atoms with Gasteiger partial charge >= 0.3 is 0 Å². The van der Waals surface area contributed by atoms with E-state index in [1.807, 2.05) is 12.1 Å². The van der Waals surface area contributed by atoms with Crippen LogP contribution in [0.3, 0.4) is 0 Å². The highest BCUT2D eigenvalue weighted by atomic mass is 16.5. The first-order valence-corrected chi connectivity index (χ1v) is 11.7. The monoisotopic (exact) mass is 438 g/mol. The average Bonchev–Trinajstić information content (AvgIpc) is 3.29. The summed E-state index contributed by atoms with van der Waals surface area (Å²) in [5.74, 6) is 2.78. The lowest BCUT2D eigenvalue weighted by molar-refractivity contribution is 0.474. The number of hydrogen-bond donors (Lipinski definition) is 0. The van der Waals surface area contributed by atoms with Crippen molar-refractivity contribution in [2.24, 2.45) is 0 Å². The number of nitrogens with zero attached hydrogens (tertiary/aromatic N) is 2. The molecule has 0 saturated heterocycles. The van der Waals surface area contributed by atoms with Gasteiger partial charge in [0.2, 0.25) is 0 Å². The zero-order valence-electron chi connectivity index (χ0n) is 18.8. The molecule has 3 heteroatoms. The first-order valence-electron chi connectivity index (χ1n) is 11.7. The number of para-hydroxylation sites is 1. The minimum Gasteiger partial charge on any atom is -0.453 e. The lowest BCUT2D eigenvalue weighted by atomic mass is 9.97. The van der Waals surface area contributed by atoms with Gasteiger partial charge in [-0.2, -0.15) is 0 Å². The topological polar surface area (TPSA) is 27.1 Å². The van der Waals surface area contributed by atoms with Crippen LogP contribution >= 0.6 is 0 Å². The Labute approximate surface area is 197 Å². The fraction of sp³-hybridized carbons (Fsp3) is 0.0645. The van der Waals surface area contributed by atoms with Crippen LogP contribution < -0.4 is 4.74 Å². The molecule has 0 N–H and O–H groups in total. The summed E-state index contributed by atoms with van der Waals surface area (Å²) >= 11 is 0. The fourth-order valence-electron chi connectivity index (χ4n) is 5.03. The Morgan fingerprint density at radius 3 is 2.12 bits per heavy atom. The highest BCUT2D eigenvalue weighted by molar-refractivity contribution is 5.92. The molecule has 5 aromatic carbocycles. The standard InChI is InChI=1S/C31H22N2O/c1-2-30-32-26-9-6-10-29-31(26)33(30)27-19-25(15-16-28(27)34-29)24-14-13-22-17-21(11-12-23(22)18-24)20-7-4-3-5-8-20/h3-19H,2H2,1H3. The first kappa shape index (κ1) is 19.1. The van der Waals surface area contributed by atoms with Crippen LogP contribution in [0.4, 0.5) is 0 Å². The predicted molar refractivity (Wildman–Crippen MR) is 139 cm³/mol. The average molecular weight is 439 g/mol. The number of ether oxygens (including phenoxy) is 1. The molecule has 1 aromatic heterocycles. The van der Waals surface area contributed by atoms with Crippen LogP contribution in [-0.4, -0.2) is 9.55 Å². The molecule has 1 aliphatic rings. The maximum absolute atomic E-state index is 6.26. The fourth-order valence-corrected chi connectivity index (χ4v) is 5.03. The van der Waals surface area contributed by atoms with Crippen LogP contribution in [0.5, 0.6) is 11.5 Å². The van der Waals surface area contributed by atoms with Gasteiger partial charge < -0.3 is 4.74 Å². The molecule has 0 saturated carbocycles. The second-order valence-corrected chi connectivity index (χ2v) is 8.77. The van der Waals surface area contributed by atoms with E-state index < -0.39 is 0 Å². The number of imidazole rings is 1. The van der Waals surface area contributed by atoms with E-state index in [-0.39, 0.29) is 0 Å². The molecule has 0 bridgehead atoms. The van der Waals surface area contributed by atoms with Crippen molar-refractivity contribution in [2.45, 2.75) is 13.3 Å². The van der Waals surface area contributed by atoms with Gasteiger partial charge in [-0.3, -0.25) is 4.57 Å². The summed E-state index contributed by atoms with van der Waals surface area (Å²) in [6.07, 6.45) is 0.859. The summed E-state index contributed by atoms with van der Waals surface area (Å²) in [6, 6.07) is 36.4. The largest absolute Gasteiger partial charge is 0.453 e. The maximum Gasteiger partial charge on any atom is 0.153 e. The van der Waals surface area contributed by atoms with Gasteiger partial charge in [0.1, 0.15) is 11.3 Å². The van der Waals surface area contributed by atoms with Gasteiger partial charge in [-0.15, -0.1) is 0 Å². The second kappa shape index (κ2) is 7.32. The van der Waals surface area contributed by atoms with Crippen LogP contribution in [-0.2, 0) is 6.42 Å². The van der Waals surface area contributed by atoms with Crippen molar-refractivity contribution in [3.05, 3.63) is 109 Å². The van der Waals surface area contributed by atoms with Crippen molar-refractivity contribution < 1.29 is 4.74 Å². The lowest BCUT2D eigenvalue weighted by Gasteiger charge is -2.21. The highest BCUT2D eigenvalue weighted by Gasteiger charge is 2.24. The first-order chi connectivity index (χ1) is 16.8.